The minimum atomic E-state index is -0.746. The van der Waals surface area contributed by atoms with Crippen LogP contribution in [0.3, 0.4) is 0 Å². The van der Waals surface area contributed by atoms with Gasteiger partial charge in [-0.3, -0.25) is 9.59 Å². The van der Waals surface area contributed by atoms with Crippen LogP contribution in [0.5, 0.6) is 0 Å². The van der Waals surface area contributed by atoms with Gasteiger partial charge in [0.25, 0.3) is 5.91 Å². The number of nitrogens with two attached hydrogens (primary N) is 1. The molecule has 66 valence electrons. The van der Waals surface area contributed by atoms with Gasteiger partial charge in [0.15, 0.2) is 0 Å². The van der Waals surface area contributed by atoms with E-state index >= 15 is 0 Å². The summed E-state index contributed by atoms with van der Waals surface area (Å²) in [6.45, 7) is 0. The molecule has 0 radical (unpaired) electrons. The lowest BCUT2D eigenvalue weighted by Crippen LogP contribution is -2.21. The average Bonchev–Trinajstić information content (AvgIpc) is 2.52. The summed E-state index contributed by atoms with van der Waals surface area (Å²) >= 11 is 0. The van der Waals surface area contributed by atoms with E-state index < -0.39 is 11.3 Å². The molecule has 2 aromatic rings. The van der Waals surface area contributed by atoms with Crippen LogP contribution in [0.25, 0.3) is 11.1 Å². The van der Waals surface area contributed by atoms with E-state index in [2.05, 4.69) is 4.98 Å². The highest BCUT2D eigenvalue weighted by Crippen LogP contribution is 2.07. The van der Waals surface area contributed by atoms with Gasteiger partial charge in [-0.05, 0) is 6.07 Å². The van der Waals surface area contributed by atoms with E-state index in [9.17, 15) is 9.59 Å². The third kappa shape index (κ3) is 1.01. The standard InChI is InChI=1S/C8H6N2O3/c9-7(12)5-3-10-8-4(6(5)11)1-2-13-8/h1-3H,(H2,9,12)(H,10,11). The van der Waals surface area contributed by atoms with Gasteiger partial charge < -0.3 is 15.1 Å². The van der Waals surface area contributed by atoms with Gasteiger partial charge in [0.1, 0.15) is 5.56 Å². The fourth-order valence-corrected chi connectivity index (χ4v) is 1.13. The fourth-order valence-electron chi connectivity index (χ4n) is 1.13. The number of rotatable bonds is 1. The molecular formula is C8H6N2O3. The van der Waals surface area contributed by atoms with Crippen LogP contribution in [0.4, 0.5) is 0 Å². The zero-order valence-electron chi connectivity index (χ0n) is 6.53. The topological polar surface area (TPSA) is 89.1 Å². The number of fused-ring (bicyclic) bond motifs is 1. The summed E-state index contributed by atoms with van der Waals surface area (Å²) in [7, 11) is 0. The second-order valence-corrected chi connectivity index (χ2v) is 2.56. The second-order valence-electron chi connectivity index (χ2n) is 2.56. The Bertz CT molecular complexity index is 523. The van der Waals surface area contributed by atoms with Crippen LogP contribution in [-0.4, -0.2) is 10.9 Å². The largest absolute Gasteiger partial charge is 0.448 e. The maximum atomic E-state index is 11.5. The van der Waals surface area contributed by atoms with Crippen molar-refractivity contribution in [3.8, 4) is 0 Å². The summed E-state index contributed by atoms with van der Waals surface area (Å²) in [4.78, 5) is 24.9. The van der Waals surface area contributed by atoms with E-state index in [-0.39, 0.29) is 5.56 Å². The average molecular weight is 178 g/mol. The molecule has 5 nitrogen and oxygen atoms in total. The molecule has 0 fully saturated rings. The minimum Gasteiger partial charge on any atom is -0.448 e. The van der Waals surface area contributed by atoms with Crippen molar-refractivity contribution in [1.29, 1.82) is 0 Å². The van der Waals surface area contributed by atoms with Gasteiger partial charge in [-0.25, -0.2) is 0 Å². The van der Waals surface area contributed by atoms with Crippen LogP contribution in [0.2, 0.25) is 0 Å². The van der Waals surface area contributed by atoms with E-state index in [1.807, 2.05) is 0 Å². The zero-order valence-corrected chi connectivity index (χ0v) is 6.53. The van der Waals surface area contributed by atoms with Gasteiger partial charge in [0, 0.05) is 6.20 Å². The first-order chi connectivity index (χ1) is 6.20. The summed E-state index contributed by atoms with van der Waals surface area (Å²) in [6.07, 6.45) is 2.61. The van der Waals surface area contributed by atoms with E-state index in [4.69, 9.17) is 10.2 Å². The first kappa shape index (κ1) is 7.60. The van der Waals surface area contributed by atoms with Crippen LogP contribution >= 0.6 is 0 Å². The lowest BCUT2D eigenvalue weighted by Gasteiger charge is -1.93. The Morgan fingerprint density at radius 1 is 1.54 bits per heavy atom. The summed E-state index contributed by atoms with van der Waals surface area (Å²) in [6, 6.07) is 1.49. The molecule has 5 heteroatoms. The van der Waals surface area contributed by atoms with Crippen molar-refractivity contribution in [2.45, 2.75) is 0 Å². The highest BCUT2D eigenvalue weighted by Gasteiger charge is 2.10. The molecule has 0 aliphatic rings. The van der Waals surface area contributed by atoms with Crippen LogP contribution in [0.1, 0.15) is 10.4 Å². The van der Waals surface area contributed by atoms with Crippen LogP contribution in [-0.2, 0) is 0 Å². The monoisotopic (exact) mass is 178 g/mol. The summed E-state index contributed by atoms with van der Waals surface area (Å²) in [5.41, 5.74) is 4.86. The fraction of sp³-hybridized carbons (Fsp3) is 0. The first-order valence-electron chi connectivity index (χ1n) is 3.59. The van der Waals surface area contributed by atoms with Gasteiger partial charge in [-0.2, -0.15) is 0 Å². The van der Waals surface area contributed by atoms with Crippen molar-refractivity contribution in [3.63, 3.8) is 0 Å². The number of pyridine rings is 1. The molecule has 1 amide bonds. The Morgan fingerprint density at radius 3 is 3.00 bits per heavy atom. The molecule has 0 bridgehead atoms. The number of amides is 1. The number of aromatic nitrogens is 1. The van der Waals surface area contributed by atoms with Gasteiger partial charge in [-0.15, -0.1) is 0 Å². The number of carbonyl (C=O) groups excluding carboxylic acids is 1. The van der Waals surface area contributed by atoms with Gasteiger partial charge >= 0.3 is 0 Å². The third-order valence-corrected chi connectivity index (χ3v) is 1.77. The smallest absolute Gasteiger partial charge is 0.254 e. The molecule has 0 aliphatic heterocycles. The maximum absolute atomic E-state index is 11.5. The van der Waals surface area contributed by atoms with Crippen molar-refractivity contribution in [3.05, 3.63) is 34.3 Å². The van der Waals surface area contributed by atoms with Crippen molar-refractivity contribution in [2.24, 2.45) is 5.73 Å². The molecular weight excluding hydrogens is 172 g/mol. The van der Waals surface area contributed by atoms with E-state index in [1.54, 1.807) is 0 Å². The van der Waals surface area contributed by atoms with Crippen LogP contribution in [0.15, 0.2) is 27.7 Å². The molecule has 0 saturated heterocycles. The predicted molar refractivity (Wildman–Crippen MR) is 45.4 cm³/mol. The third-order valence-electron chi connectivity index (χ3n) is 1.77. The molecule has 0 atom stereocenters. The first-order valence-corrected chi connectivity index (χ1v) is 3.59. The number of hydrogen-bond donors (Lipinski definition) is 2. The molecule has 13 heavy (non-hydrogen) atoms. The molecule has 0 aliphatic carbocycles. The predicted octanol–water partition coefficient (Wildman–Crippen LogP) is 0.220. The number of carbonyl (C=O) groups is 1. The van der Waals surface area contributed by atoms with Gasteiger partial charge in [0.2, 0.25) is 11.1 Å². The summed E-state index contributed by atoms with van der Waals surface area (Å²) in [5.74, 6) is -0.746. The number of H-pyrrole nitrogens is 1. The SMILES string of the molecule is NC(=O)c1c[nH]c2occc2c1=O. The molecule has 0 spiro atoms. The number of furan rings is 1. The van der Waals surface area contributed by atoms with Crippen molar-refractivity contribution in [2.75, 3.05) is 0 Å². The Kier molecular flexibility index (Phi) is 1.45. The van der Waals surface area contributed by atoms with Crippen molar-refractivity contribution < 1.29 is 9.21 Å². The van der Waals surface area contributed by atoms with Crippen molar-refractivity contribution >= 4 is 17.0 Å². The summed E-state index contributed by atoms with van der Waals surface area (Å²) in [5, 5.41) is 0.330. The molecule has 0 unspecified atom stereocenters. The Hall–Kier alpha value is -2.04. The Balaban J connectivity index is 2.89. The van der Waals surface area contributed by atoms with Crippen LogP contribution in [0, 0.1) is 0 Å². The molecule has 2 aromatic heterocycles. The number of aromatic amines is 1. The molecule has 2 heterocycles. The highest BCUT2D eigenvalue weighted by atomic mass is 16.3. The van der Waals surface area contributed by atoms with Crippen molar-refractivity contribution in [1.82, 2.24) is 4.98 Å². The molecule has 0 saturated carbocycles. The molecule has 0 aromatic carbocycles. The maximum Gasteiger partial charge on any atom is 0.254 e. The Labute approximate surface area is 72.2 Å². The minimum absolute atomic E-state index is 0.0612. The molecule has 2 rings (SSSR count). The number of primary amides is 1. The molecule has 3 N–H and O–H groups in total. The lowest BCUT2D eigenvalue weighted by molar-refractivity contribution is 0.0999. The van der Waals surface area contributed by atoms with Gasteiger partial charge in [-0.1, -0.05) is 0 Å². The second kappa shape index (κ2) is 2.48. The highest BCUT2D eigenvalue weighted by molar-refractivity contribution is 5.95. The normalized spacial score (nSPS) is 10.5. The Morgan fingerprint density at radius 2 is 2.31 bits per heavy atom. The van der Waals surface area contributed by atoms with Crippen LogP contribution < -0.4 is 11.2 Å². The number of nitrogens with one attached hydrogen (secondary N) is 1. The van der Waals surface area contributed by atoms with E-state index in [0.29, 0.717) is 11.1 Å². The van der Waals surface area contributed by atoms with Gasteiger partial charge in [0.05, 0.1) is 11.6 Å². The number of hydrogen-bond acceptors (Lipinski definition) is 3. The van der Waals surface area contributed by atoms with E-state index in [1.165, 1.54) is 18.5 Å². The van der Waals surface area contributed by atoms with E-state index in [0.717, 1.165) is 0 Å². The lowest BCUT2D eigenvalue weighted by atomic mass is 10.2. The quantitative estimate of drug-likeness (QED) is 0.654. The summed E-state index contributed by atoms with van der Waals surface area (Å²) < 4.78 is 4.93. The zero-order chi connectivity index (χ0) is 9.42.